The van der Waals surface area contributed by atoms with Gasteiger partial charge in [0.1, 0.15) is 0 Å². The summed E-state index contributed by atoms with van der Waals surface area (Å²) in [4.78, 5) is 10.3. The van der Waals surface area contributed by atoms with E-state index in [2.05, 4.69) is 13.8 Å². The van der Waals surface area contributed by atoms with Gasteiger partial charge in [0.05, 0.1) is 24.2 Å². The van der Waals surface area contributed by atoms with Gasteiger partial charge in [-0.25, -0.2) is 0 Å². The standard InChI is InChI=1S/C14H21NO4/c1-3-5-9-18-13-8-7-12(15(16)17)11-14(13)19-10-6-4-2/h7-8,11H,3-6,9-10H2,1-2H3. The van der Waals surface area contributed by atoms with Gasteiger partial charge in [-0.1, -0.05) is 26.7 Å². The van der Waals surface area contributed by atoms with Gasteiger partial charge in [-0.3, -0.25) is 10.1 Å². The Morgan fingerprint density at radius 1 is 1.05 bits per heavy atom. The van der Waals surface area contributed by atoms with Crippen LogP contribution in [-0.4, -0.2) is 18.1 Å². The first kappa shape index (κ1) is 15.3. The van der Waals surface area contributed by atoms with Crippen molar-refractivity contribution in [3.8, 4) is 11.5 Å². The molecule has 0 amide bonds. The van der Waals surface area contributed by atoms with E-state index >= 15 is 0 Å². The second kappa shape index (κ2) is 8.34. The Morgan fingerprint density at radius 2 is 1.63 bits per heavy atom. The van der Waals surface area contributed by atoms with E-state index < -0.39 is 4.92 Å². The maximum atomic E-state index is 10.8. The predicted octanol–water partition coefficient (Wildman–Crippen LogP) is 3.95. The van der Waals surface area contributed by atoms with E-state index in [1.165, 1.54) is 12.1 Å². The number of nitro benzene ring substituents is 1. The molecule has 0 aliphatic carbocycles. The number of rotatable bonds is 9. The van der Waals surface area contributed by atoms with E-state index in [-0.39, 0.29) is 5.69 Å². The van der Waals surface area contributed by atoms with Crippen molar-refractivity contribution in [1.29, 1.82) is 0 Å². The topological polar surface area (TPSA) is 61.6 Å². The highest BCUT2D eigenvalue weighted by molar-refractivity contribution is 5.48. The summed E-state index contributed by atoms with van der Waals surface area (Å²) in [5.41, 5.74) is 0.0225. The van der Waals surface area contributed by atoms with Crippen molar-refractivity contribution in [2.75, 3.05) is 13.2 Å². The van der Waals surface area contributed by atoms with Crippen LogP contribution in [0.2, 0.25) is 0 Å². The van der Waals surface area contributed by atoms with Crippen molar-refractivity contribution in [3.63, 3.8) is 0 Å². The van der Waals surface area contributed by atoms with Crippen LogP contribution >= 0.6 is 0 Å². The minimum atomic E-state index is -0.428. The van der Waals surface area contributed by atoms with E-state index in [1.54, 1.807) is 6.07 Å². The first-order valence-electron chi connectivity index (χ1n) is 6.73. The van der Waals surface area contributed by atoms with Crippen LogP contribution < -0.4 is 9.47 Å². The Morgan fingerprint density at radius 3 is 2.16 bits per heavy atom. The molecule has 1 aromatic rings. The highest BCUT2D eigenvalue weighted by atomic mass is 16.6. The van der Waals surface area contributed by atoms with Crippen molar-refractivity contribution in [2.24, 2.45) is 0 Å². The fraction of sp³-hybridized carbons (Fsp3) is 0.571. The minimum Gasteiger partial charge on any atom is -0.490 e. The van der Waals surface area contributed by atoms with Gasteiger partial charge < -0.3 is 9.47 Å². The zero-order chi connectivity index (χ0) is 14.1. The molecule has 5 nitrogen and oxygen atoms in total. The zero-order valence-corrected chi connectivity index (χ0v) is 11.6. The molecule has 0 fully saturated rings. The molecule has 5 heteroatoms. The van der Waals surface area contributed by atoms with Crippen LogP contribution in [0.3, 0.4) is 0 Å². The van der Waals surface area contributed by atoms with E-state index in [0.29, 0.717) is 24.7 Å². The Kier molecular flexibility index (Phi) is 6.71. The van der Waals surface area contributed by atoms with Gasteiger partial charge in [0.15, 0.2) is 11.5 Å². The number of ether oxygens (including phenoxy) is 2. The zero-order valence-electron chi connectivity index (χ0n) is 11.6. The summed E-state index contributed by atoms with van der Waals surface area (Å²) < 4.78 is 11.2. The Bertz CT molecular complexity index is 406. The fourth-order valence-corrected chi connectivity index (χ4v) is 1.50. The third-order valence-corrected chi connectivity index (χ3v) is 2.65. The lowest BCUT2D eigenvalue weighted by atomic mass is 10.2. The lowest BCUT2D eigenvalue weighted by molar-refractivity contribution is -0.385. The van der Waals surface area contributed by atoms with Gasteiger partial charge in [0, 0.05) is 6.07 Å². The van der Waals surface area contributed by atoms with Crippen LogP contribution in [0.25, 0.3) is 0 Å². The molecule has 0 radical (unpaired) electrons. The van der Waals surface area contributed by atoms with Gasteiger partial charge in [0.2, 0.25) is 0 Å². The smallest absolute Gasteiger partial charge is 0.273 e. The molecule has 0 bridgehead atoms. The molecule has 19 heavy (non-hydrogen) atoms. The van der Waals surface area contributed by atoms with Crippen molar-refractivity contribution in [2.45, 2.75) is 39.5 Å². The summed E-state index contributed by atoms with van der Waals surface area (Å²) in [5, 5.41) is 10.8. The monoisotopic (exact) mass is 267 g/mol. The van der Waals surface area contributed by atoms with Gasteiger partial charge in [0.25, 0.3) is 5.69 Å². The molecule has 0 aliphatic rings. The van der Waals surface area contributed by atoms with Crippen molar-refractivity contribution in [1.82, 2.24) is 0 Å². The third-order valence-electron chi connectivity index (χ3n) is 2.65. The number of benzene rings is 1. The van der Waals surface area contributed by atoms with Gasteiger partial charge >= 0.3 is 0 Å². The normalized spacial score (nSPS) is 10.2. The molecule has 0 heterocycles. The number of hydrogen-bond acceptors (Lipinski definition) is 4. The molecule has 0 saturated carbocycles. The van der Waals surface area contributed by atoms with Crippen LogP contribution in [0.4, 0.5) is 5.69 Å². The average Bonchev–Trinajstić information content (AvgIpc) is 2.40. The summed E-state index contributed by atoms with van der Waals surface area (Å²) >= 11 is 0. The molecule has 0 aromatic heterocycles. The molecule has 0 aliphatic heterocycles. The maximum Gasteiger partial charge on any atom is 0.273 e. The molecule has 1 rings (SSSR count). The van der Waals surface area contributed by atoms with Gasteiger partial charge in [-0.05, 0) is 18.9 Å². The van der Waals surface area contributed by atoms with Crippen molar-refractivity contribution < 1.29 is 14.4 Å². The summed E-state index contributed by atoms with van der Waals surface area (Å²) in [6, 6.07) is 4.47. The number of nitrogens with zero attached hydrogens (tertiary/aromatic N) is 1. The highest BCUT2D eigenvalue weighted by Crippen LogP contribution is 2.31. The summed E-state index contributed by atoms with van der Waals surface area (Å²) in [7, 11) is 0. The maximum absolute atomic E-state index is 10.8. The van der Waals surface area contributed by atoms with Crippen molar-refractivity contribution in [3.05, 3.63) is 28.3 Å². The fourth-order valence-electron chi connectivity index (χ4n) is 1.50. The second-order valence-electron chi connectivity index (χ2n) is 4.29. The first-order valence-corrected chi connectivity index (χ1v) is 6.73. The molecule has 0 unspecified atom stereocenters. The van der Waals surface area contributed by atoms with Crippen LogP contribution in [0.1, 0.15) is 39.5 Å². The molecule has 0 spiro atoms. The average molecular weight is 267 g/mol. The van der Waals surface area contributed by atoms with Crippen LogP contribution in [0, 0.1) is 10.1 Å². The third kappa shape index (κ3) is 5.16. The second-order valence-corrected chi connectivity index (χ2v) is 4.29. The summed E-state index contributed by atoms with van der Waals surface area (Å²) in [6.45, 7) is 5.29. The number of non-ortho nitro benzene ring substituents is 1. The molecule has 0 N–H and O–H groups in total. The van der Waals surface area contributed by atoms with Crippen LogP contribution in [0.15, 0.2) is 18.2 Å². The van der Waals surface area contributed by atoms with E-state index in [1.807, 2.05) is 0 Å². The SMILES string of the molecule is CCCCOc1ccc([N+](=O)[O-])cc1OCCCC. The Hall–Kier alpha value is -1.78. The molecular weight excluding hydrogens is 246 g/mol. The quantitative estimate of drug-likeness (QED) is 0.386. The number of nitro groups is 1. The molecule has 0 atom stereocenters. The highest BCUT2D eigenvalue weighted by Gasteiger charge is 2.12. The summed E-state index contributed by atoms with van der Waals surface area (Å²) in [5.74, 6) is 1.04. The van der Waals surface area contributed by atoms with E-state index in [4.69, 9.17) is 9.47 Å². The Labute approximate surface area is 113 Å². The summed E-state index contributed by atoms with van der Waals surface area (Å²) in [6.07, 6.45) is 3.92. The first-order chi connectivity index (χ1) is 9.19. The van der Waals surface area contributed by atoms with Crippen LogP contribution in [0.5, 0.6) is 11.5 Å². The predicted molar refractivity (Wildman–Crippen MR) is 73.9 cm³/mol. The molecular formula is C14H21NO4. The van der Waals surface area contributed by atoms with Gasteiger partial charge in [-0.2, -0.15) is 0 Å². The molecule has 0 saturated heterocycles. The number of unbranched alkanes of at least 4 members (excludes halogenated alkanes) is 2. The van der Waals surface area contributed by atoms with Crippen molar-refractivity contribution >= 4 is 5.69 Å². The van der Waals surface area contributed by atoms with E-state index in [0.717, 1.165) is 25.7 Å². The van der Waals surface area contributed by atoms with E-state index in [9.17, 15) is 10.1 Å². The van der Waals surface area contributed by atoms with Gasteiger partial charge in [-0.15, -0.1) is 0 Å². The lowest BCUT2D eigenvalue weighted by Gasteiger charge is -2.12. The van der Waals surface area contributed by atoms with Crippen LogP contribution in [-0.2, 0) is 0 Å². The lowest BCUT2D eigenvalue weighted by Crippen LogP contribution is -2.03. The largest absolute Gasteiger partial charge is 0.490 e. The number of hydrogen-bond donors (Lipinski definition) is 0. The minimum absolute atomic E-state index is 0.0225. The Balaban J connectivity index is 2.78. The molecule has 106 valence electrons. The molecule has 1 aromatic carbocycles.